The van der Waals surface area contributed by atoms with Gasteiger partial charge >= 0.3 is 0 Å². The third kappa shape index (κ3) is 4.12. The van der Waals surface area contributed by atoms with Gasteiger partial charge in [0.1, 0.15) is 0 Å². The highest BCUT2D eigenvalue weighted by atomic mass is 15.1. The first-order valence-electron chi connectivity index (χ1n) is 6.29. The molecule has 0 aromatic carbocycles. The van der Waals surface area contributed by atoms with E-state index in [4.69, 9.17) is 0 Å². The van der Waals surface area contributed by atoms with Crippen molar-refractivity contribution >= 4 is 0 Å². The summed E-state index contributed by atoms with van der Waals surface area (Å²) in [6.07, 6.45) is 4.13. The van der Waals surface area contributed by atoms with Crippen molar-refractivity contribution in [3.63, 3.8) is 0 Å². The second-order valence-electron chi connectivity index (χ2n) is 6.15. The molecule has 0 aromatic heterocycles. The predicted molar refractivity (Wildman–Crippen MR) is 67.1 cm³/mol. The van der Waals surface area contributed by atoms with Crippen LogP contribution in [0.15, 0.2) is 0 Å². The molecular weight excluding hydrogens is 184 g/mol. The van der Waals surface area contributed by atoms with E-state index in [1.54, 1.807) is 0 Å². The van der Waals surface area contributed by atoms with Crippen LogP contribution in [0, 0.1) is 11.3 Å². The van der Waals surface area contributed by atoms with E-state index in [2.05, 4.69) is 38.0 Å². The van der Waals surface area contributed by atoms with Crippen LogP contribution in [0.25, 0.3) is 0 Å². The number of likely N-dealkylation sites (N-methyl/N-ethyl adjacent to an activating group) is 2. The van der Waals surface area contributed by atoms with E-state index >= 15 is 0 Å². The molecule has 0 spiro atoms. The summed E-state index contributed by atoms with van der Waals surface area (Å²) in [6, 6.07) is 0.789. The minimum absolute atomic E-state index is 0.538. The van der Waals surface area contributed by atoms with E-state index in [0.717, 1.165) is 18.5 Å². The van der Waals surface area contributed by atoms with E-state index in [0.29, 0.717) is 5.41 Å². The van der Waals surface area contributed by atoms with Gasteiger partial charge in [0, 0.05) is 19.1 Å². The molecule has 90 valence electrons. The zero-order valence-electron chi connectivity index (χ0n) is 11.1. The molecule has 0 aromatic rings. The summed E-state index contributed by atoms with van der Waals surface area (Å²) in [5.74, 6) is 0.885. The zero-order chi connectivity index (χ0) is 11.5. The summed E-state index contributed by atoms with van der Waals surface area (Å²) < 4.78 is 0. The van der Waals surface area contributed by atoms with Crippen molar-refractivity contribution < 1.29 is 0 Å². The molecule has 2 nitrogen and oxygen atoms in total. The first-order valence-corrected chi connectivity index (χ1v) is 6.29. The van der Waals surface area contributed by atoms with Gasteiger partial charge in [-0.1, -0.05) is 20.8 Å². The maximum absolute atomic E-state index is 3.23. The highest BCUT2D eigenvalue weighted by molar-refractivity contribution is 4.87. The van der Waals surface area contributed by atoms with Gasteiger partial charge in [0.05, 0.1) is 0 Å². The predicted octanol–water partition coefficient (Wildman–Crippen LogP) is 2.35. The Morgan fingerprint density at radius 2 is 2.00 bits per heavy atom. The van der Waals surface area contributed by atoms with Crippen molar-refractivity contribution in [3.05, 3.63) is 0 Å². The van der Waals surface area contributed by atoms with Crippen LogP contribution in [0.4, 0.5) is 0 Å². The highest BCUT2D eigenvalue weighted by Crippen LogP contribution is 2.39. The second kappa shape index (κ2) is 5.31. The van der Waals surface area contributed by atoms with Crippen LogP contribution < -0.4 is 5.32 Å². The minimum Gasteiger partial charge on any atom is -0.318 e. The summed E-state index contributed by atoms with van der Waals surface area (Å²) in [5, 5.41) is 3.23. The van der Waals surface area contributed by atoms with Gasteiger partial charge in [-0.25, -0.2) is 0 Å². The standard InChI is InChI=1S/C13H28N2/c1-11-8-12(10-13(2,3)9-11)15(5)7-6-14-4/h11-12,14H,6-10H2,1-5H3. The van der Waals surface area contributed by atoms with E-state index in [1.807, 2.05) is 7.05 Å². The van der Waals surface area contributed by atoms with E-state index < -0.39 is 0 Å². The Morgan fingerprint density at radius 3 is 2.53 bits per heavy atom. The first-order chi connectivity index (χ1) is 6.94. The van der Waals surface area contributed by atoms with Crippen LogP contribution in [0.3, 0.4) is 0 Å². The van der Waals surface area contributed by atoms with Crippen molar-refractivity contribution in [2.75, 3.05) is 27.2 Å². The molecule has 0 bridgehead atoms. The van der Waals surface area contributed by atoms with Gasteiger partial charge in [-0.05, 0) is 44.7 Å². The zero-order valence-corrected chi connectivity index (χ0v) is 11.1. The van der Waals surface area contributed by atoms with Gasteiger partial charge < -0.3 is 10.2 Å². The molecule has 1 aliphatic carbocycles. The van der Waals surface area contributed by atoms with Gasteiger partial charge in [0.2, 0.25) is 0 Å². The first kappa shape index (κ1) is 13.0. The maximum Gasteiger partial charge on any atom is 0.0107 e. The molecule has 1 N–H and O–H groups in total. The Kier molecular flexibility index (Phi) is 4.60. The molecule has 0 aliphatic heterocycles. The fourth-order valence-corrected chi connectivity index (χ4v) is 3.10. The molecule has 2 atom stereocenters. The number of hydrogen-bond donors (Lipinski definition) is 1. The lowest BCUT2D eigenvalue weighted by Gasteiger charge is -2.42. The fourth-order valence-electron chi connectivity index (χ4n) is 3.10. The third-order valence-electron chi connectivity index (χ3n) is 3.70. The molecule has 1 saturated carbocycles. The smallest absolute Gasteiger partial charge is 0.0107 e. The molecule has 0 heterocycles. The summed E-state index contributed by atoms with van der Waals surface area (Å²) in [7, 11) is 4.30. The SMILES string of the molecule is CNCCN(C)C1CC(C)CC(C)(C)C1. The Hall–Kier alpha value is -0.0800. The molecule has 2 heteroatoms. The van der Waals surface area contributed by atoms with Crippen molar-refractivity contribution in [1.29, 1.82) is 0 Å². The van der Waals surface area contributed by atoms with Crippen LogP contribution in [-0.4, -0.2) is 38.1 Å². The molecule has 15 heavy (non-hydrogen) atoms. The quantitative estimate of drug-likeness (QED) is 0.769. The number of nitrogens with zero attached hydrogens (tertiary/aromatic N) is 1. The normalized spacial score (nSPS) is 30.8. The van der Waals surface area contributed by atoms with E-state index in [1.165, 1.54) is 25.8 Å². The third-order valence-corrected chi connectivity index (χ3v) is 3.70. The van der Waals surface area contributed by atoms with Gasteiger partial charge in [-0.3, -0.25) is 0 Å². The monoisotopic (exact) mass is 212 g/mol. The van der Waals surface area contributed by atoms with E-state index in [9.17, 15) is 0 Å². The van der Waals surface area contributed by atoms with Gasteiger partial charge in [-0.15, -0.1) is 0 Å². The van der Waals surface area contributed by atoms with Crippen LogP contribution in [-0.2, 0) is 0 Å². The maximum atomic E-state index is 3.23. The van der Waals surface area contributed by atoms with E-state index in [-0.39, 0.29) is 0 Å². The lowest BCUT2D eigenvalue weighted by Crippen LogP contribution is -2.43. The van der Waals surface area contributed by atoms with Gasteiger partial charge in [-0.2, -0.15) is 0 Å². The molecule has 1 aliphatic rings. The average molecular weight is 212 g/mol. The van der Waals surface area contributed by atoms with Crippen molar-refractivity contribution in [1.82, 2.24) is 10.2 Å². The van der Waals surface area contributed by atoms with Crippen LogP contribution in [0.1, 0.15) is 40.0 Å². The Bertz CT molecular complexity index is 189. The number of rotatable bonds is 4. The van der Waals surface area contributed by atoms with Crippen LogP contribution in [0.5, 0.6) is 0 Å². The van der Waals surface area contributed by atoms with Gasteiger partial charge in [0.15, 0.2) is 0 Å². The topological polar surface area (TPSA) is 15.3 Å². The molecule has 1 fully saturated rings. The minimum atomic E-state index is 0.538. The molecule has 1 rings (SSSR count). The molecule has 0 amide bonds. The van der Waals surface area contributed by atoms with Crippen LogP contribution >= 0.6 is 0 Å². The molecular formula is C13H28N2. The summed E-state index contributed by atoms with van der Waals surface area (Å²) in [5.41, 5.74) is 0.538. The lowest BCUT2D eigenvalue weighted by molar-refractivity contribution is 0.0837. The molecule has 0 radical (unpaired) electrons. The Morgan fingerprint density at radius 1 is 1.33 bits per heavy atom. The second-order valence-corrected chi connectivity index (χ2v) is 6.15. The van der Waals surface area contributed by atoms with Crippen molar-refractivity contribution in [2.45, 2.75) is 46.1 Å². The summed E-state index contributed by atoms with van der Waals surface area (Å²) >= 11 is 0. The lowest BCUT2D eigenvalue weighted by atomic mass is 9.70. The summed E-state index contributed by atoms with van der Waals surface area (Å²) in [6.45, 7) is 9.51. The Labute approximate surface area is 95.4 Å². The largest absolute Gasteiger partial charge is 0.318 e. The van der Waals surface area contributed by atoms with Gasteiger partial charge in [0.25, 0.3) is 0 Å². The Balaban J connectivity index is 2.46. The number of nitrogens with one attached hydrogen (secondary N) is 1. The van der Waals surface area contributed by atoms with Crippen LogP contribution in [0.2, 0.25) is 0 Å². The molecule has 0 saturated heterocycles. The fraction of sp³-hybridized carbons (Fsp3) is 1.00. The summed E-state index contributed by atoms with van der Waals surface area (Å²) in [4.78, 5) is 2.54. The van der Waals surface area contributed by atoms with Crippen molar-refractivity contribution in [3.8, 4) is 0 Å². The van der Waals surface area contributed by atoms with Crippen molar-refractivity contribution in [2.24, 2.45) is 11.3 Å². The molecule has 2 unspecified atom stereocenters. The average Bonchev–Trinajstić information content (AvgIpc) is 2.10. The number of hydrogen-bond acceptors (Lipinski definition) is 2. The highest BCUT2D eigenvalue weighted by Gasteiger charge is 2.33.